The van der Waals surface area contributed by atoms with Gasteiger partial charge in [0.15, 0.2) is 5.78 Å². The summed E-state index contributed by atoms with van der Waals surface area (Å²) in [5.41, 5.74) is 21.6. The minimum absolute atomic E-state index is 0.0595. The first-order valence-electron chi connectivity index (χ1n) is 15.3. The summed E-state index contributed by atoms with van der Waals surface area (Å²) in [5, 5.41) is 3.38. The number of ketones is 1. The van der Waals surface area contributed by atoms with Crippen molar-refractivity contribution in [1.82, 2.24) is 4.57 Å². The Bertz CT molecular complexity index is 1380. The molecule has 1 amide bonds. The van der Waals surface area contributed by atoms with Crippen molar-refractivity contribution in [3.8, 4) is 5.69 Å². The van der Waals surface area contributed by atoms with Crippen molar-refractivity contribution in [1.29, 1.82) is 0 Å². The van der Waals surface area contributed by atoms with Gasteiger partial charge in [-0.3, -0.25) is 14.4 Å². The third kappa shape index (κ3) is 6.10. The predicted molar refractivity (Wildman–Crippen MR) is 159 cm³/mol. The van der Waals surface area contributed by atoms with E-state index in [2.05, 4.69) is 23.7 Å². The van der Waals surface area contributed by atoms with Crippen LogP contribution in [0.5, 0.6) is 0 Å². The standard InChI is InChI=1S/C32H44FN5O4/c1-32(2)16-26-28(27(39)17-32)21-6-5-8-25(21)38(26)19-14-22(33)29(30(36)40)24(15-19)37-18-9-11-20(12-10-18)42-31(41)23(35)7-3-4-13-34/h14-15,18,20,23,37H,3-13,16-17,34-35H2,1-2H3,(H2,36,40). The van der Waals surface area contributed by atoms with Crippen LogP contribution in [0.4, 0.5) is 10.1 Å². The molecular formula is C32H44FN5O4. The van der Waals surface area contributed by atoms with Crippen LogP contribution in [0.3, 0.4) is 0 Å². The van der Waals surface area contributed by atoms with Crippen molar-refractivity contribution in [2.24, 2.45) is 22.6 Å². The Morgan fingerprint density at radius 1 is 1.12 bits per heavy atom. The highest BCUT2D eigenvalue weighted by molar-refractivity contribution is 6.01. The first-order valence-corrected chi connectivity index (χ1v) is 15.3. The Hall–Kier alpha value is -3.24. The second-order valence-electron chi connectivity index (χ2n) is 13.0. The smallest absolute Gasteiger partial charge is 0.323 e. The number of amides is 1. The van der Waals surface area contributed by atoms with Crippen LogP contribution >= 0.6 is 0 Å². The average molecular weight is 582 g/mol. The zero-order chi connectivity index (χ0) is 30.2. The Morgan fingerprint density at radius 3 is 2.55 bits per heavy atom. The molecule has 42 heavy (non-hydrogen) atoms. The Labute approximate surface area is 246 Å². The van der Waals surface area contributed by atoms with Crippen LogP contribution in [-0.4, -0.2) is 47.0 Å². The zero-order valence-electron chi connectivity index (χ0n) is 24.8. The lowest BCUT2D eigenvalue weighted by molar-refractivity contribution is -0.152. The van der Waals surface area contributed by atoms with E-state index in [1.54, 1.807) is 6.07 Å². The number of primary amides is 1. The molecule has 0 bridgehead atoms. The van der Waals surface area contributed by atoms with E-state index < -0.39 is 23.7 Å². The molecule has 3 aliphatic carbocycles. The number of hydrogen-bond acceptors (Lipinski definition) is 7. The number of anilines is 1. The number of halogens is 1. The van der Waals surface area contributed by atoms with Gasteiger partial charge in [0.1, 0.15) is 18.0 Å². The number of hydrogen-bond donors (Lipinski definition) is 4. The number of aromatic nitrogens is 1. The monoisotopic (exact) mass is 581 g/mol. The highest BCUT2D eigenvalue weighted by Gasteiger charge is 2.39. The third-order valence-corrected chi connectivity index (χ3v) is 9.05. The molecule has 0 saturated heterocycles. The van der Waals surface area contributed by atoms with E-state index in [-0.39, 0.29) is 28.9 Å². The molecular weight excluding hydrogens is 537 g/mol. The van der Waals surface area contributed by atoms with E-state index >= 15 is 4.39 Å². The van der Waals surface area contributed by atoms with Crippen molar-refractivity contribution in [3.05, 3.63) is 46.0 Å². The van der Waals surface area contributed by atoms with Crippen molar-refractivity contribution in [2.45, 2.75) is 109 Å². The van der Waals surface area contributed by atoms with E-state index in [0.717, 1.165) is 54.6 Å². The minimum atomic E-state index is -0.844. The number of rotatable bonds is 10. The summed E-state index contributed by atoms with van der Waals surface area (Å²) >= 11 is 0. The number of esters is 1. The lowest BCUT2D eigenvalue weighted by Gasteiger charge is -2.31. The molecule has 2 aromatic rings. The van der Waals surface area contributed by atoms with Gasteiger partial charge in [0.05, 0.1) is 16.9 Å². The quantitative estimate of drug-likeness (QED) is 0.243. The molecule has 7 N–H and O–H groups in total. The SMILES string of the molecule is CC1(C)CC(=O)c2c3c(n(-c4cc(F)c(C(N)=O)c(NC5CCC(OC(=O)C(N)CCCCN)CC5)c4)c2C1)CCC3. The first-order chi connectivity index (χ1) is 20.0. The summed E-state index contributed by atoms with van der Waals surface area (Å²) in [7, 11) is 0. The van der Waals surface area contributed by atoms with Crippen LogP contribution < -0.4 is 22.5 Å². The number of carbonyl (C=O) groups excluding carboxylic acids is 3. The number of ether oxygens (including phenoxy) is 1. The molecule has 1 fully saturated rings. The second kappa shape index (κ2) is 12.2. The summed E-state index contributed by atoms with van der Waals surface area (Å²) in [5.74, 6) is -1.77. The van der Waals surface area contributed by atoms with Gasteiger partial charge in [-0.25, -0.2) is 4.39 Å². The molecule has 0 aliphatic heterocycles. The van der Waals surface area contributed by atoms with Crippen molar-refractivity contribution >= 4 is 23.3 Å². The van der Waals surface area contributed by atoms with Crippen LogP contribution in [0.15, 0.2) is 12.1 Å². The average Bonchev–Trinajstić information content (AvgIpc) is 3.48. The number of Topliss-reactive ketones (excluding diaryl/α,β-unsaturated/α-hetero) is 1. The topological polar surface area (TPSA) is 155 Å². The number of nitrogens with one attached hydrogen (secondary N) is 1. The zero-order valence-corrected chi connectivity index (χ0v) is 24.8. The molecule has 228 valence electrons. The molecule has 1 saturated carbocycles. The number of carbonyl (C=O) groups is 3. The number of unbranched alkanes of at least 4 members (excludes halogenated alkanes) is 1. The molecule has 9 nitrogen and oxygen atoms in total. The maximum absolute atomic E-state index is 15.6. The largest absolute Gasteiger partial charge is 0.461 e. The van der Waals surface area contributed by atoms with Gasteiger partial charge in [0, 0.05) is 29.4 Å². The molecule has 0 radical (unpaired) electrons. The number of nitrogens with two attached hydrogens (primary N) is 3. The summed E-state index contributed by atoms with van der Waals surface area (Å²) < 4.78 is 23.3. The van der Waals surface area contributed by atoms with Gasteiger partial charge in [-0.05, 0) is 93.9 Å². The van der Waals surface area contributed by atoms with Crippen molar-refractivity contribution < 1.29 is 23.5 Å². The molecule has 0 spiro atoms. The number of nitrogens with zero attached hydrogens (tertiary/aromatic N) is 1. The second-order valence-corrected chi connectivity index (χ2v) is 13.0. The fourth-order valence-electron chi connectivity index (χ4n) is 7.05. The van der Waals surface area contributed by atoms with Crippen molar-refractivity contribution in [3.63, 3.8) is 0 Å². The summed E-state index contributed by atoms with van der Waals surface area (Å²) in [4.78, 5) is 38.0. The van der Waals surface area contributed by atoms with E-state index in [1.165, 1.54) is 6.07 Å². The van der Waals surface area contributed by atoms with E-state index in [4.69, 9.17) is 21.9 Å². The highest BCUT2D eigenvalue weighted by Crippen LogP contribution is 2.43. The molecule has 10 heteroatoms. The molecule has 1 unspecified atom stereocenters. The predicted octanol–water partition coefficient (Wildman–Crippen LogP) is 4.08. The van der Waals surface area contributed by atoms with Gasteiger partial charge in [0.2, 0.25) is 0 Å². The lowest BCUT2D eigenvalue weighted by atomic mass is 9.75. The maximum Gasteiger partial charge on any atom is 0.323 e. The van der Waals surface area contributed by atoms with Crippen LogP contribution in [0.2, 0.25) is 0 Å². The van der Waals surface area contributed by atoms with Gasteiger partial charge in [-0.2, -0.15) is 0 Å². The van der Waals surface area contributed by atoms with Crippen LogP contribution in [0, 0.1) is 11.2 Å². The Morgan fingerprint density at radius 2 is 1.86 bits per heavy atom. The van der Waals surface area contributed by atoms with Crippen LogP contribution in [-0.2, 0) is 28.8 Å². The Balaban J connectivity index is 1.36. The normalized spacial score (nSPS) is 21.9. The fourth-order valence-corrected chi connectivity index (χ4v) is 7.05. The van der Waals surface area contributed by atoms with E-state index in [9.17, 15) is 14.4 Å². The van der Waals surface area contributed by atoms with Crippen LogP contribution in [0.25, 0.3) is 5.69 Å². The van der Waals surface area contributed by atoms with Gasteiger partial charge >= 0.3 is 5.97 Å². The summed E-state index contributed by atoms with van der Waals surface area (Å²) in [6.07, 6.45) is 8.33. The van der Waals surface area contributed by atoms with E-state index in [1.807, 2.05) is 0 Å². The van der Waals surface area contributed by atoms with Gasteiger partial charge < -0.3 is 31.8 Å². The number of benzene rings is 1. The molecule has 5 rings (SSSR count). The van der Waals surface area contributed by atoms with Crippen LogP contribution in [0.1, 0.15) is 109 Å². The number of fused-ring (bicyclic) bond motifs is 3. The summed E-state index contributed by atoms with van der Waals surface area (Å²) in [6.45, 7) is 4.74. The lowest BCUT2D eigenvalue weighted by Crippen LogP contribution is -2.37. The minimum Gasteiger partial charge on any atom is -0.461 e. The van der Waals surface area contributed by atoms with Crippen molar-refractivity contribution in [2.75, 3.05) is 11.9 Å². The molecule has 1 aromatic heterocycles. The molecule has 3 aliphatic rings. The first kappa shape index (κ1) is 30.2. The Kier molecular flexibility index (Phi) is 8.76. The fraction of sp³-hybridized carbons (Fsp3) is 0.594. The highest BCUT2D eigenvalue weighted by atomic mass is 19.1. The molecule has 1 heterocycles. The van der Waals surface area contributed by atoms with E-state index in [0.29, 0.717) is 62.9 Å². The maximum atomic E-state index is 15.6. The van der Waals surface area contributed by atoms with Gasteiger partial charge in [-0.15, -0.1) is 0 Å². The third-order valence-electron chi connectivity index (χ3n) is 9.05. The van der Waals surface area contributed by atoms with Gasteiger partial charge in [-0.1, -0.05) is 20.3 Å². The van der Waals surface area contributed by atoms with Gasteiger partial charge in [0.25, 0.3) is 5.91 Å². The molecule has 1 atom stereocenters. The molecule has 1 aromatic carbocycles. The summed E-state index contributed by atoms with van der Waals surface area (Å²) in [6, 6.07) is 2.44.